The Morgan fingerprint density at radius 2 is 1.75 bits per heavy atom. The number of hydrogen-bond donors (Lipinski definition) is 4. The lowest BCUT2D eigenvalue weighted by Crippen LogP contribution is -2.38. The lowest BCUT2D eigenvalue weighted by Gasteiger charge is -2.24. The van der Waals surface area contributed by atoms with E-state index in [4.69, 9.17) is 9.84 Å². The van der Waals surface area contributed by atoms with E-state index in [1.807, 2.05) is 18.2 Å². The fraction of sp³-hybridized carbons (Fsp3) is 0.550. The van der Waals surface area contributed by atoms with Crippen molar-refractivity contribution in [2.45, 2.75) is 44.9 Å². The number of aromatic amines is 1. The summed E-state index contributed by atoms with van der Waals surface area (Å²) < 4.78 is 5.70. The Balaban J connectivity index is 1.53. The SMILES string of the molecule is O=C(O)C(CO)(CO)CCCCCCCCOc1ccc(-c2ccn[nH]2)nc1. The van der Waals surface area contributed by atoms with Crippen molar-refractivity contribution in [1.29, 1.82) is 0 Å². The first-order valence-electron chi connectivity index (χ1n) is 9.65. The molecule has 0 atom stereocenters. The molecule has 2 rings (SSSR count). The zero-order valence-corrected chi connectivity index (χ0v) is 16.0. The number of hydrogen-bond acceptors (Lipinski definition) is 6. The maximum Gasteiger partial charge on any atom is 0.314 e. The van der Waals surface area contributed by atoms with Crippen LogP contribution in [0, 0.1) is 5.41 Å². The molecule has 0 bridgehead atoms. The highest BCUT2D eigenvalue weighted by atomic mass is 16.5. The summed E-state index contributed by atoms with van der Waals surface area (Å²) in [4.78, 5) is 15.5. The molecule has 0 aromatic carbocycles. The molecule has 0 radical (unpaired) electrons. The maximum absolute atomic E-state index is 11.2. The van der Waals surface area contributed by atoms with Crippen LogP contribution in [0.4, 0.5) is 0 Å². The number of carbonyl (C=O) groups is 1. The van der Waals surface area contributed by atoms with E-state index in [9.17, 15) is 15.0 Å². The highest BCUT2D eigenvalue weighted by molar-refractivity contribution is 5.74. The van der Waals surface area contributed by atoms with Crippen molar-refractivity contribution in [1.82, 2.24) is 15.2 Å². The summed E-state index contributed by atoms with van der Waals surface area (Å²) >= 11 is 0. The predicted molar refractivity (Wildman–Crippen MR) is 104 cm³/mol. The summed E-state index contributed by atoms with van der Waals surface area (Å²) in [5, 5.41) is 34.4. The Kier molecular flexibility index (Phi) is 8.90. The molecule has 4 N–H and O–H groups in total. The lowest BCUT2D eigenvalue weighted by atomic mass is 9.84. The van der Waals surface area contributed by atoms with Crippen LogP contribution in [0.5, 0.6) is 5.75 Å². The first-order valence-corrected chi connectivity index (χ1v) is 9.65. The van der Waals surface area contributed by atoms with E-state index in [-0.39, 0.29) is 0 Å². The summed E-state index contributed by atoms with van der Waals surface area (Å²) in [7, 11) is 0. The van der Waals surface area contributed by atoms with Crippen LogP contribution < -0.4 is 4.74 Å². The van der Waals surface area contributed by atoms with Crippen LogP contribution >= 0.6 is 0 Å². The van der Waals surface area contributed by atoms with Gasteiger partial charge in [0.2, 0.25) is 0 Å². The van der Waals surface area contributed by atoms with Gasteiger partial charge in [0, 0.05) is 6.20 Å². The van der Waals surface area contributed by atoms with E-state index in [0.29, 0.717) is 19.4 Å². The number of rotatable bonds is 14. The summed E-state index contributed by atoms with van der Waals surface area (Å²) in [6, 6.07) is 5.64. The molecule has 2 aromatic heterocycles. The number of aromatic nitrogens is 3. The van der Waals surface area contributed by atoms with Gasteiger partial charge >= 0.3 is 5.97 Å². The van der Waals surface area contributed by atoms with Crippen molar-refractivity contribution in [3.8, 4) is 17.1 Å². The number of carboxylic acid groups (broad SMARTS) is 1. The van der Waals surface area contributed by atoms with Crippen LogP contribution in [0.15, 0.2) is 30.6 Å². The number of H-pyrrole nitrogens is 1. The van der Waals surface area contributed by atoms with Gasteiger partial charge in [-0.1, -0.05) is 32.1 Å². The molecule has 0 aliphatic rings. The Bertz CT molecular complexity index is 684. The van der Waals surface area contributed by atoms with Crippen LogP contribution in [0.3, 0.4) is 0 Å². The summed E-state index contributed by atoms with van der Waals surface area (Å²) in [5.74, 6) is -0.400. The topological polar surface area (TPSA) is 129 Å². The lowest BCUT2D eigenvalue weighted by molar-refractivity contribution is -0.155. The summed E-state index contributed by atoms with van der Waals surface area (Å²) in [6.07, 6.45) is 9.24. The first-order chi connectivity index (χ1) is 13.6. The molecule has 8 nitrogen and oxygen atoms in total. The molecule has 0 amide bonds. The Morgan fingerprint density at radius 3 is 2.32 bits per heavy atom. The highest BCUT2D eigenvalue weighted by Crippen LogP contribution is 2.25. The second kappa shape index (κ2) is 11.4. The third kappa shape index (κ3) is 6.31. The minimum absolute atomic E-state index is 0.292. The van der Waals surface area contributed by atoms with E-state index in [0.717, 1.165) is 49.2 Å². The molecule has 0 unspecified atom stereocenters. The first kappa shape index (κ1) is 21.8. The molecule has 0 saturated heterocycles. The van der Waals surface area contributed by atoms with Gasteiger partial charge in [0.15, 0.2) is 0 Å². The van der Waals surface area contributed by atoms with Crippen molar-refractivity contribution in [3.05, 3.63) is 30.6 Å². The molecule has 28 heavy (non-hydrogen) atoms. The average Bonchev–Trinajstić information content (AvgIpc) is 3.25. The number of nitrogens with one attached hydrogen (secondary N) is 1. The monoisotopic (exact) mass is 391 g/mol. The fourth-order valence-electron chi connectivity index (χ4n) is 2.94. The number of ether oxygens (including phenoxy) is 1. The fourth-order valence-corrected chi connectivity index (χ4v) is 2.94. The molecule has 8 heteroatoms. The van der Waals surface area contributed by atoms with Gasteiger partial charge in [0.05, 0.1) is 37.4 Å². The van der Waals surface area contributed by atoms with Crippen molar-refractivity contribution in [3.63, 3.8) is 0 Å². The Hall–Kier alpha value is -2.45. The van der Waals surface area contributed by atoms with Crippen molar-refractivity contribution < 1.29 is 24.9 Å². The predicted octanol–water partition coefficient (Wildman–Crippen LogP) is 2.64. The van der Waals surface area contributed by atoms with Crippen molar-refractivity contribution in [2.24, 2.45) is 5.41 Å². The third-order valence-corrected chi connectivity index (χ3v) is 4.89. The van der Waals surface area contributed by atoms with E-state index < -0.39 is 24.6 Å². The third-order valence-electron chi connectivity index (χ3n) is 4.89. The minimum Gasteiger partial charge on any atom is -0.492 e. The van der Waals surface area contributed by atoms with Crippen LogP contribution in [-0.4, -0.2) is 56.3 Å². The molecular weight excluding hydrogens is 362 g/mol. The molecule has 0 spiro atoms. The Morgan fingerprint density at radius 1 is 1.04 bits per heavy atom. The number of aliphatic hydroxyl groups excluding tert-OH is 2. The molecule has 0 fully saturated rings. The molecule has 2 aromatic rings. The smallest absolute Gasteiger partial charge is 0.314 e. The van der Waals surface area contributed by atoms with Gasteiger partial charge in [-0.25, -0.2) is 0 Å². The number of aliphatic hydroxyl groups is 2. The van der Waals surface area contributed by atoms with Crippen molar-refractivity contribution >= 4 is 5.97 Å². The molecular formula is C20H29N3O5. The van der Waals surface area contributed by atoms with Gasteiger partial charge in [-0.3, -0.25) is 14.9 Å². The van der Waals surface area contributed by atoms with Crippen LogP contribution in [0.1, 0.15) is 44.9 Å². The zero-order chi connectivity index (χ0) is 20.2. The second-order valence-electron chi connectivity index (χ2n) is 6.97. The number of carboxylic acids is 1. The van der Waals surface area contributed by atoms with Crippen LogP contribution in [0.25, 0.3) is 11.4 Å². The number of aliphatic carboxylic acids is 1. The molecule has 0 aliphatic carbocycles. The van der Waals surface area contributed by atoms with Gasteiger partial charge in [-0.2, -0.15) is 5.10 Å². The van der Waals surface area contributed by atoms with E-state index in [1.54, 1.807) is 12.4 Å². The van der Waals surface area contributed by atoms with E-state index in [2.05, 4.69) is 15.2 Å². The molecule has 2 heterocycles. The Labute approximate surface area is 164 Å². The average molecular weight is 391 g/mol. The normalized spacial score (nSPS) is 11.5. The largest absolute Gasteiger partial charge is 0.492 e. The molecule has 0 aliphatic heterocycles. The van der Waals surface area contributed by atoms with Crippen LogP contribution in [0.2, 0.25) is 0 Å². The van der Waals surface area contributed by atoms with E-state index >= 15 is 0 Å². The number of nitrogens with zero attached hydrogens (tertiary/aromatic N) is 2. The summed E-state index contributed by atoms with van der Waals surface area (Å²) in [5.41, 5.74) is 0.277. The van der Waals surface area contributed by atoms with Gasteiger partial charge in [-0.15, -0.1) is 0 Å². The van der Waals surface area contributed by atoms with Gasteiger partial charge in [0.25, 0.3) is 0 Å². The number of unbranched alkanes of at least 4 members (excludes halogenated alkanes) is 5. The highest BCUT2D eigenvalue weighted by Gasteiger charge is 2.36. The molecule has 154 valence electrons. The quantitative estimate of drug-likeness (QED) is 0.364. The molecule has 0 saturated carbocycles. The van der Waals surface area contributed by atoms with Gasteiger partial charge in [0.1, 0.15) is 11.2 Å². The standard InChI is InChI=1S/C20H29N3O5/c24-14-20(15-25,19(26)27)10-5-3-1-2-4-6-12-28-16-7-8-17(21-13-16)18-9-11-22-23-18/h7-9,11,13,24-25H,1-6,10,12,14-15H2,(H,22,23)(H,26,27). The maximum atomic E-state index is 11.2. The van der Waals surface area contributed by atoms with Gasteiger partial charge in [-0.05, 0) is 31.0 Å². The zero-order valence-electron chi connectivity index (χ0n) is 16.0. The van der Waals surface area contributed by atoms with E-state index in [1.165, 1.54) is 0 Å². The minimum atomic E-state index is -1.41. The van der Waals surface area contributed by atoms with Crippen LogP contribution in [-0.2, 0) is 4.79 Å². The van der Waals surface area contributed by atoms with Crippen molar-refractivity contribution in [2.75, 3.05) is 19.8 Å². The number of pyridine rings is 1. The second-order valence-corrected chi connectivity index (χ2v) is 6.97. The van der Waals surface area contributed by atoms with Gasteiger partial charge < -0.3 is 20.1 Å². The summed E-state index contributed by atoms with van der Waals surface area (Å²) in [6.45, 7) is -0.440.